The summed E-state index contributed by atoms with van der Waals surface area (Å²) in [5, 5.41) is 0. The van der Waals surface area contributed by atoms with Crippen molar-refractivity contribution in [2.45, 2.75) is 18.3 Å². The molecule has 0 aliphatic carbocycles. The number of ether oxygens (including phenoxy) is 2. The molecule has 1 atom stereocenters. The molecule has 0 bridgehead atoms. The van der Waals surface area contributed by atoms with Crippen molar-refractivity contribution in [3.05, 3.63) is 137 Å². The summed E-state index contributed by atoms with van der Waals surface area (Å²) < 4.78 is 89.7. The third kappa shape index (κ3) is 6.98. The molecule has 4 rings (SSSR count). The first-order valence-electron chi connectivity index (χ1n) is 12.3. The maximum Gasteiger partial charge on any atom is 0.416 e. The van der Waals surface area contributed by atoms with Gasteiger partial charge in [-0.1, -0.05) is 54.6 Å². The van der Waals surface area contributed by atoms with Gasteiger partial charge >= 0.3 is 12.4 Å². The Morgan fingerprint density at radius 1 is 0.585 bits per heavy atom. The maximum atomic E-state index is 13.8. The molecule has 0 aliphatic heterocycles. The summed E-state index contributed by atoms with van der Waals surface area (Å²) >= 11 is 0. The Labute approximate surface area is 232 Å². The quantitative estimate of drug-likeness (QED) is 0.157. The molecule has 0 radical (unpaired) electrons. The van der Waals surface area contributed by atoms with E-state index in [0.29, 0.717) is 28.2 Å². The van der Waals surface area contributed by atoms with Crippen LogP contribution in [0.5, 0.6) is 11.5 Å². The van der Waals surface area contributed by atoms with Crippen LogP contribution in [0.15, 0.2) is 103 Å². The number of rotatable bonds is 8. The van der Waals surface area contributed by atoms with Crippen LogP contribution in [0.1, 0.15) is 44.1 Å². The molecule has 0 saturated heterocycles. The van der Waals surface area contributed by atoms with Crippen molar-refractivity contribution in [3.8, 4) is 11.5 Å². The predicted octanol–water partition coefficient (Wildman–Crippen LogP) is 8.84. The van der Waals surface area contributed by atoms with Crippen LogP contribution in [0.2, 0.25) is 0 Å². The molecule has 0 spiro atoms. The van der Waals surface area contributed by atoms with Gasteiger partial charge in [-0.2, -0.15) is 26.3 Å². The van der Waals surface area contributed by atoms with Crippen LogP contribution in [0.25, 0.3) is 5.57 Å². The van der Waals surface area contributed by atoms with Crippen LogP contribution < -0.4 is 9.47 Å². The number of ketones is 1. The van der Waals surface area contributed by atoms with Gasteiger partial charge in [-0.25, -0.2) is 0 Å². The molecule has 0 N–H and O–H groups in total. The summed E-state index contributed by atoms with van der Waals surface area (Å²) in [5.41, 5.74) is 0.316. The molecule has 0 aliphatic rings. The summed E-state index contributed by atoms with van der Waals surface area (Å²) in [5.74, 6) is -0.544. The highest BCUT2D eigenvalue weighted by atomic mass is 19.4. The highest BCUT2D eigenvalue weighted by Crippen LogP contribution is 2.36. The second-order valence-electron chi connectivity index (χ2n) is 9.07. The zero-order valence-electron chi connectivity index (χ0n) is 21.9. The number of allylic oxidation sites excluding steroid dienone is 1. The van der Waals surface area contributed by atoms with Crippen molar-refractivity contribution < 1.29 is 40.6 Å². The fourth-order valence-electron chi connectivity index (χ4n) is 4.27. The maximum absolute atomic E-state index is 13.8. The molecule has 0 fully saturated rings. The van der Waals surface area contributed by atoms with Gasteiger partial charge in [-0.05, 0) is 70.8 Å². The number of alkyl halides is 6. The molecule has 4 aromatic carbocycles. The first kappa shape index (κ1) is 29.5. The average Bonchev–Trinajstić information content (AvgIpc) is 2.97. The van der Waals surface area contributed by atoms with E-state index in [4.69, 9.17) is 9.47 Å². The second-order valence-corrected chi connectivity index (χ2v) is 9.07. The molecule has 4 aromatic rings. The van der Waals surface area contributed by atoms with Gasteiger partial charge in [0.25, 0.3) is 0 Å². The van der Waals surface area contributed by atoms with Crippen LogP contribution in [0.3, 0.4) is 0 Å². The highest BCUT2D eigenvalue weighted by Gasteiger charge is 2.32. The van der Waals surface area contributed by atoms with Gasteiger partial charge < -0.3 is 9.47 Å². The first-order chi connectivity index (χ1) is 19.4. The Hall–Kier alpha value is -4.53. The number of methoxy groups -OCH3 is 2. The van der Waals surface area contributed by atoms with Crippen LogP contribution in [0.4, 0.5) is 26.3 Å². The lowest BCUT2D eigenvalue weighted by Crippen LogP contribution is -2.14. The number of hydrogen-bond donors (Lipinski definition) is 0. The van der Waals surface area contributed by atoms with Gasteiger partial charge in [-0.15, -0.1) is 0 Å². The Morgan fingerprint density at radius 3 is 1.32 bits per heavy atom. The molecular formula is C32H24F6O3. The Kier molecular flexibility index (Phi) is 8.56. The van der Waals surface area contributed by atoms with Crippen LogP contribution in [0, 0.1) is 0 Å². The lowest BCUT2D eigenvalue weighted by Gasteiger charge is -2.18. The van der Waals surface area contributed by atoms with Gasteiger partial charge in [0.1, 0.15) is 11.5 Å². The minimum Gasteiger partial charge on any atom is -0.497 e. The highest BCUT2D eigenvalue weighted by molar-refractivity contribution is 6.03. The number of carbonyl (C=O) groups is 1. The van der Waals surface area contributed by atoms with E-state index in [-0.39, 0.29) is 11.1 Å². The summed E-state index contributed by atoms with van der Waals surface area (Å²) in [6.45, 7) is 0. The van der Waals surface area contributed by atoms with E-state index in [1.807, 2.05) is 0 Å². The third-order valence-electron chi connectivity index (χ3n) is 6.51. The minimum absolute atomic E-state index is 0.0250. The molecule has 0 amide bonds. The van der Waals surface area contributed by atoms with Crippen molar-refractivity contribution in [2.24, 2.45) is 0 Å². The van der Waals surface area contributed by atoms with Crippen LogP contribution in [-0.2, 0) is 12.4 Å². The van der Waals surface area contributed by atoms with Crippen molar-refractivity contribution in [1.29, 1.82) is 0 Å². The average molecular weight is 571 g/mol. The van der Waals surface area contributed by atoms with Crippen molar-refractivity contribution >= 4 is 11.4 Å². The number of Topliss-reactive ketones (excluding diaryl/α,β-unsaturated/α-hetero) is 1. The van der Waals surface area contributed by atoms with E-state index >= 15 is 0 Å². The van der Waals surface area contributed by atoms with Gasteiger partial charge in [0.2, 0.25) is 0 Å². The fraction of sp³-hybridized carbons (Fsp3) is 0.156. The standard InChI is InChI=1S/C32H24F6O3/c1-40-26-15-7-20(8-16-26)28(21-9-17-27(41-2)18-10-21)19-29(22-3-11-24(12-4-22)31(33,34)35)30(39)23-5-13-25(14-6-23)32(36,37)38/h3-19,29H,1-2H3/t29-/m0/s1. The van der Waals surface area contributed by atoms with E-state index in [2.05, 4.69) is 0 Å². The number of halogens is 6. The van der Waals surface area contributed by atoms with E-state index in [1.165, 1.54) is 26.4 Å². The summed E-state index contributed by atoms with van der Waals surface area (Å²) in [7, 11) is 3.02. The largest absolute Gasteiger partial charge is 0.497 e. The molecule has 0 saturated carbocycles. The number of benzene rings is 4. The second kappa shape index (κ2) is 11.9. The molecule has 3 nitrogen and oxygen atoms in total. The smallest absolute Gasteiger partial charge is 0.416 e. The monoisotopic (exact) mass is 570 g/mol. The SMILES string of the molecule is COc1ccc(C(=C[C@H](C(=O)c2ccc(C(F)(F)F)cc2)c2ccc(C(F)(F)F)cc2)c2ccc(OC)cc2)cc1. The summed E-state index contributed by atoms with van der Waals surface area (Å²) in [4.78, 5) is 13.8. The molecular weight excluding hydrogens is 546 g/mol. The summed E-state index contributed by atoms with van der Waals surface area (Å²) in [6, 6.07) is 21.8. The molecule has 0 unspecified atom stereocenters. The molecule has 0 heterocycles. The first-order valence-corrected chi connectivity index (χ1v) is 12.3. The third-order valence-corrected chi connectivity index (χ3v) is 6.51. The van der Waals surface area contributed by atoms with Crippen LogP contribution >= 0.6 is 0 Å². The van der Waals surface area contributed by atoms with Crippen LogP contribution in [-0.4, -0.2) is 20.0 Å². The van der Waals surface area contributed by atoms with Crippen molar-refractivity contribution in [3.63, 3.8) is 0 Å². The molecule has 41 heavy (non-hydrogen) atoms. The Bertz CT molecular complexity index is 1450. The van der Waals surface area contributed by atoms with Crippen molar-refractivity contribution in [1.82, 2.24) is 0 Å². The summed E-state index contributed by atoms with van der Waals surface area (Å²) in [6.07, 6.45) is -7.57. The lowest BCUT2D eigenvalue weighted by molar-refractivity contribution is -0.138. The van der Waals surface area contributed by atoms with Gasteiger partial charge in [0.05, 0.1) is 31.3 Å². The lowest BCUT2D eigenvalue weighted by atomic mass is 9.85. The zero-order valence-corrected chi connectivity index (χ0v) is 21.9. The van der Waals surface area contributed by atoms with E-state index in [9.17, 15) is 31.1 Å². The zero-order chi connectivity index (χ0) is 29.8. The fourth-order valence-corrected chi connectivity index (χ4v) is 4.27. The van der Waals surface area contributed by atoms with E-state index in [1.54, 1.807) is 54.6 Å². The van der Waals surface area contributed by atoms with E-state index < -0.39 is 35.2 Å². The normalized spacial score (nSPS) is 12.4. The molecule has 9 heteroatoms. The molecule has 0 aromatic heterocycles. The Morgan fingerprint density at radius 2 is 0.951 bits per heavy atom. The van der Waals surface area contributed by atoms with Crippen molar-refractivity contribution in [2.75, 3.05) is 14.2 Å². The molecule has 212 valence electrons. The number of hydrogen-bond acceptors (Lipinski definition) is 3. The van der Waals surface area contributed by atoms with Gasteiger partial charge in [-0.3, -0.25) is 4.79 Å². The van der Waals surface area contributed by atoms with Gasteiger partial charge in [0, 0.05) is 5.56 Å². The van der Waals surface area contributed by atoms with Gasteiger partial charge in [0.15, 0.2) is 5.78 Å². The topological polar surface area (TPSA) is 35.5 Å². The number of carbonyl (C=O) groups excluding carboxylic acids is 1. The van der Waals surface area contributed by atoms with E-state index in [0.717, 1.165) is 36.4 Å². The predicted molar refractivity (Wildman–Crippen MR) is 143 cm³/mol. The Balaban J connectivity index is 1.88. The minimum atomic E-state index is -4.59.